The number of aromatic nitrogens is 1. The van der Waals surface area contributed by atoms with Crippen molar-refractivity contribution < 1.29 is 0 Å². The average molecular weight is 215 g/mol. The summed E-state index contributed by atoms with van der Waals surface area (Å²) in [5.41, 5.74) is 7.21. The van der Waals surface area contributed by atoms with Crippen LogP contribution in [-0.2, 0) is 0 Å². The van der Waals surface area contributed by atoms with E-state index in [1.165, 1.54) is 0 Å². The second-order valence-electron chi connectivity index (χ2n) is 3.71. The fraction of sp³-hybridized carbons (Fsp3) is 0.500. The minimum atomic E-state index is -0.153. The van der Waals surface area contributed by atoms with Crippen LogP contribution in [-0.4, -0.2) is 4.57 Å². The zero-order valence-electron chi connectivity index (χ0n) is 8.89. The molecule has 0 spiro atoms. The third-order valence-corrected chi connectivity index (χ3v) is 2.93. The summed E-state index contributed by atoms with van der Waals surface area (Å²) < 4.78 is 1.62. The number of hydrogen-bond donors (Lipinski definition) is 1. The van der Waals surface area contributed by atoms with Gasteiger partial charge in [0, 0.05) is 11.7 Å². The molecule has 0 bridgehead atoms. The van der Waals surface area contributed by atoms with Gasteiger partial charge in [-0.1, -0.05) is 11.6 Å². The Morgan fingerprint density at radius 3 is 2.29 bits per heavy atom. The molecule has 4 heteroatoms. The summed E-state index contributed by atoms with van der Waals surface area (Å²) in [5, 5.41) is 0.579. The van der Waals surface area contributed by atoms with E-state index in [1.54, 1.807) is 11.5 Å². The predicted octanol–water partition coefficient (Wildman–Crippen LogP) is 2.28. The van der Waals surface area contributed by atoms with Crippen LogP contribution >= 0.6 is 11.6 Å². The van der Waals surface area contributed by atoms with Gasteiger partial charge in [-0.25, -0.2) is 0 Å². The molecule has 0 aliphatic carbocycles. The SMILES string of the molecule is Cc1c(Cl)c(C)n(C(C)C)c(=O)c1N. The smallest absolute Gasteiger partial charge is 0.274 e. The molecule has 1 aromatic heterocycles. The van der Waals surface area contributed by atoms with Crippen molar-refractivity contribution >= 4 is 17.3 Å². The van der Waals surface area contributed by atoms with E-state index in [1.807, 2.05) is 20.8 Å². The summed E-state index contributed by atoms with van der Waals surface area (Å²) in [6.45, 7) is 7.45. The van der Waals surface area contributed by atoms with Crippen LogP contribution in [0.1, 0.15) is 31.1 Å². The van der Waals surface area contributed by atoms with Crippen molar-refractivity contribution in [2.45, 2.75) is 33.7 Å². The summed E-state index contributed by atoms with van der Waals surface area (Å²) in [7, 11) is 0. The molecule has 0 aromatic carbocycles. The second-order valence-corrected chi connectivity index (χ2v) is 4.08. The van der Waals surface area contributed by atoms with E-state index < -0.39 is 0 Å². The van der Waals surface area contributed by atoms with Crippen LogP contribution in [0.4, 0.5) is 5.69 Å². The van der Waals surface area contributed by atoms with Crippen LogP contribution in [0.15, 0.2) is 4.79 Å². The minimum Gasteiger partial charge on any atom is -0.394 e. The van der Waals surface area contributed by atoms with Gasteiger partial charge in [0.2, 0.25) is 0 Å². The lowest BCUT2D eigenvalue weighted by Crippen LogP contribution is -2.27. The van der Waals surface area contributed by atoms with Gasteiger partial charge in [0.15, 0.2) is 0 Å². The number of pyridine rings is 1. The highest BCUT2D eigenvalue weighted by Gasteiger charge is 2.14. The Hall–Kier alpha value is -0.960. The standard InChI is InChI=1S/C10H15ClN2O/c1-5(2)13-7(4)8(11)6(3)9(12)10(13)14/h5H,12H2,1-4H3. The van der Waals surface area contributed by atoms with Gasteiger partial charge >= 0.3 is 0 Å². The summed E-state index contributed by atoms with van der Waals surface area (Å²) in [5.74, 6) is 0. The first-order chi connectivity index (χ1) is 6.37. The Bertz CT molecular complexity index is 421. The van der Waals surface area contributed by atoms with E-state index in [0.29, 0.717) is 10.6 Å². The Kier molecular flexibility index (Phi) is 2.90. The van der Waals surface area contributed by atoms with Gasteiger partial charge < -0.3 is 10.3 Å². The van der Waals surface area contributed by atoms with Crippen LogP contribution < -0.4 is 11.3 Å². The van der Waals surface area contributed by atoms with Crippen molar-refractivity contribution in [2.24, 2.45) is 0 Å². The van der Waals surface area contributed by atoms with Crippen LogP contribution in [0.5, 0.6) is 0 Å². The molecule has 0 aliphatic heterocycles. The number of hydrogen-bond acceptors (Lipinski definition) is 2. The summed E-state index contributed by atoms with van der Waals surface area (Å²) in [6, 6.07) is 0.0721. The maximum atomic E-state index is 11.8. The first-order valence-corrected chi connectivity index (χ1v) is 4.92. The number of halogens is 1. The molecule has 0 saturated heterocycles. The maximum absolute atomic E-state index is 11.8. The highest BCUT2D eigenvalue weighted by atomic mass is 35.5. The van der Waals surface area contributed by atoms with Crippen molar-refractivity contribution in [2.75, 3.05) is 5.73 Å². The number of nitrogens with zero attached hydrogens (tertiary/aromatic N) is 1. The van der Waals surface area contributed by atoms with Crippen molar-refractivity contribution in [3.05, 3.63) is 26.6 Å². The number of anilines is 1. The largest absolute Gasteiger partial charge is 0.394 e. The van der Waals surface area contributed by atoms with E-state index in [-0.39, 0.29) is 17.3 Å². The van der Waals surface area contributed by atoms with Gasteiger partial charge in [-0.15, -0.1) is 0 Å². The molecule has 0 fully saturated rings. The molecule has 0 aliphatic rings. The second kappa shape index (κ2) is 3.65. The molecular weight excluding hydrogens is 200 g/mol. The molecule has 0 saturated carbocycles. The molecule has 0 radical (unpaired) electrons. The number of nitrogen functional groups attached to an aromatic ring is 1. The molecule has 1 heterocycles. The normalized spacial score (nSPS) is 11.0. The summed E-state index contributed by atoms with van der Waals surface area (Å²) >= 11 is 6.06. The molecule has 0 atom stereocenters. The molecule has 3 nitrogen and oxygen atoms in total. The number of nitrogens with two attached hydrogens (primary N) is 1. The van der Waals surface area contributed by atoms with Gasteiger partial charge in [-0.05, 0) is 33.3 Å². The Morgan fingerprint density at radius 2 is 1.86 bits per heavy atom. The first-order valence-electron chi connectivity index (χ1n) is 4.54. The third kappa shape index (κ3) is 1.52. The summed E-state index contributed by atoms with van der Waals surface area (Å²) in [4.78, 5) is 11.8. The van der Waals surface area contributed by atoms with Gasteiger partial charge in [0.1, 0.15) is 5.69 Å². The zero-order chi connectivity index (χ0) is 11.0. The predicted molar refractivity (Wildman–Crippen MR) is 60.0 cm³/mol. The van der Waals surface area contributed by atoms with Gasteiger partial charge in [0.05, 0.1) is 5.02 Å². The van der Waals surface area contributed by atoms with Crippen LogP contribution in [0.25, 0.3) is 0 Å². The minimum absolute atomic E-state index is 0.0721. The van der Waals surface area contributed by atoms with Crippen molar-refractivity contribution in [1.29, 1.82) is 0 Å². The van der Waals surface area contributed by atoms with E-state index in [9.17, 15) is 4.79 Å². The highest BCUT2D eigenvalue weighted by molar-refractivity contribution is 6.32. The van der Waals surface area contributed by atoms with E-state index in [0.717, 1.165) is 5.69 Å². The molecule has 78 valence electrons. The van der Waals surface area contributed by atoms with E-state index in [2.05, 4.69) is 0 Å². The average Bonchev–Trinajstić information content (AvgIpc) is 2.11. The van der Waals surface area contributed by atoms with Crippen molar-refractivity contribution in [3.8, 4) is 0 Å². The molecule has 0 unspecified atom stereocenters. The fourth-order valence-corrected chi connectivity index (χ4v) is 1.75. The fourth-order valence-electron chi connectivity index (χ4n) is 1.56. The van der Waals surface area contributed by atoms with Crippen LogP contribution in [0, 0.1) is 13.8 Å². The van der Waals surface area contributed by atoms with E-state index in [4.69, 9.17) is 17.3 Å². The topological polar surface area (TPSA) is 48.0 Å². The quantitative estimate of drug-likeness (QED) is 0.780. The lowest BCUT2D eigenvalue weighted by atomic mass is 10.2. The summed E-state index contributed by atoms with van der Waals surface area (Å²) in [6.07, 6.45) is 0. The maximum Gasteiger partial charge on any atom is 0.274 e. The molecule has 14 heavy (non-hydrogen) atoms. The highest BCUT2D eigenvalue weighted by Crippen LogP contribution is 2.23. The molecule has 2 N–H and O–H groups in total. The Morgan fingerprint density at radius 1 is 1.36 bits per heavy atom. The zero-order valence-corrected chi connectivity index (χ0v) is 9.64. The van der Waals surface area contributed by atoms with Gasteiger partial charge in [0.25, 0.3) is 5.56 Å². The molecule has 0 amide bonds. The van der Waals surface area contributed by atoms with Gasteiger partial charge in [-0.2, -0.15) is 0 Å². The first kappa shape index (κ1) is 11.1. The van der Waals surface area contributed by atoms with E-state index >= 15 is 0 Å². The molecule has 1 rings (SSSR count). The van der Waals surface area contributed by atoms with Crippen LogP contribution in [0.3, 0.4) is 0 Å². The Balaban J connectivity index is 3.69. The van der Waals surface area contributed by atoms with Gasteiger partial charge in [-0.3, -0.25) is 4.79 Å². The molecular formula is C10H15ClN2O. The number of rotatable bonds is 1. The molecule has 1 aromatic rings. The lowest BCUT2D eigenvalue weighted by molar-refractivity contribution is 0.563. The monoisotopic (exact) mass is 214 g/mol. The Labute approximate surface area is 88.5 Å². The lowest BCUT2D eigenvalue weighted by Gasteiger charge is -2.17. The van der Waals surface area contributed by atoms with Crippen LogP contribution in [0.2, 0.25) is 5.02 Å². The third-order valence-electron chi connectivity index (χ3n) is 2.38. The van der Waals surface area contributed by atoms with Crippen molar-refractivity contribution in [3.63, 3.8) is 0 Å². The van der Waals surface area contributed by atoms with Crippen molar-refractivity contribution in [1.82, 2.24) is 4.57 Å².